The molecule has 3 N–H and O–H groups in total. The second kappa shape index (κ2) is 3.14. The van der Waals surface area contributed by atoms with Crippen LogP contribution in [0.4, 0.5) is 0 Å². The second-order valence-electron chi connectivity index (χ2n) is 2.97. The van der Waals surface area contributed by atoms with Gasteiger partial charge >= 0.3 is 7.60 Å². The molecule has 1 rings (SSSR count). The van der Waals surface area contributed by atoms with E-state index in [9.17, 15) is 9.67 Å². The number of hydrogen-bond donors (Lipinski definition) is 3. The van der Waals surface area contributed by atoms with Crippen molar-refractivity contribution < 1.29 is 19.5 Å². The van der Waals surface area contributed by atoms with Crippen LogP contribution in [0.25, 0.3) is 0 Å². The predicted octanol–water partition coefficient (Wildman–Crippen LogP) is 0.812. The Morgan fingerprint density at radius 3 is 1.85 bits per heavy atom. The summed E-state index contributed by atoms with van der Waals surface area (Å²) in [5, 5.41) is 9.29. The molecule has 0 unspecified atom stereocenters. The van der Waals surface area contributed by atoms with Crippen LogP contribution in [0.2, 0.25) is 0 Å². The van der Waals surface area contributed by atoms with Crippen LogP contribution in [0.3, 0.4) is 0 Å². The van der Waals surface area contributed by atoms with Crippen molar-refractivity contribution in [2.45, 2.75) is 13.8 Å². The minimum atomic E-state index is -4.20. The highest BCUT2D eigenvalue weighted by Crippen LogP contribution is 2.35. The molecule has 0 aliphatic rings. The number of hydrogen-bond acceptors (Lipinski definition) is 2. The van der Waals surface area contributed by atoms with Gasteiger partial charge < -0.3 is 14.9 Å². The van der Waals surface area contributed by atoms with Crippen LogP contribution in [0.1, 0.15) is 11.1 Å². The Kier molecular flexibility index (Phi) is 2.48. The predicted molar refractivity (Wildman–Crippen MR) is 49.3 cm³/mol. The first-order valence-corrected chi connectivity index (χ1v) is 5.30. The molecule has 5 heteroatoms. The highest BCUT2D eigenvalue weighted by Gasteiger charge is 2.18. The molecule has 0 aliphatic carbocycles. The highest BCUT2D eigenvalue weighted by molar-refractivity contribution is 7.60. The quantitative estimate of drug-likeness (QED) is 0.589. The zero-order valence-corrected chi connectivity index (χ0v) is 8.25. The molecule has 0 radical (unpaired) electrons. The Hall–Kier alpha value is -0.830. The standard InChI is InChI=1S/C8H11O4P/c1-5-3-7(13(10,11)12)4-6(2)8(5)9/h3-4,9H,1-2H3,(H2,10,11,12). The van der Waals surface area contributed by atoms with Crippen LogP contribution >= 0.6 is 7.60 Å². The molecule has 0 bridgehead atoms. The van der Waals surface area contributed by atoms with Crippen molar-refractivity contribution in [3.05, 3.63) is 23.3 Å². The largest absolute Gasteiger partial charge is 0.507 e. The Bertz CT molecular complexity index is 357. The van der Waals surface area contributed by atoms with Gasteiger partial charge in [-0.1, -0.05) is 0 Å². The number of aryl methyl sites for hydroxylation is 2. The fourth-order valence-corrected chi connectivity index (χ4v) is 1.82. The summed E-state index contributed by atoms with van der Waals surface area (Å²) in [6, 6.07) is 2.59. The summed E-state index contributed by atoms with van der Waals surface area (Å²) >= 11 is 0. The van der Waals surface area contributed by atoms with Gasteiger partial charge in [0.05, 0.1) is 5.30 Å². The van der Waals surface area contributed by atoms with Crippen LogP contribution in [-0.2, 0) is 4.57 Å². The molecule has 0 aromatic heterocycles. The summed E-state index contributed by atoms with van der Waals surface area (Å²) in [7, 11) is -4.20. The van der Waals surface area contributed by atoms with E-state index in [0.29, 0.717) is 11.1 Å². The summed E-state index contributed by atoms with van der Waals surface area (Å²) in [5.74, 6) is 0.0807. The maximum absolute atomic E-state index is 10.9. The molecule has 0 saturated carbocycles. The van der Waals surface area contributed by atoms with E-state index >= 15 is 0 Å². The van der Waals surface area contributed by atoms with Crippen molar-refractivity contribution in [1.82, 2.24) is 0 Å². The minimum absolute atomic E-state index is 0.0553. The average Bonchev–Trinajstić information content (AvgIpc) is 1.97. The lowest BCUT2D eigenvalue weighted by atomic mass is 10.1. The van der Waals surface area contributed by atoms with Crippen LogP contribution < -0.4 is 5.30 Å². The summed E-state index contributed by atoms with van der Waals surface area (Å²) in [6.45, 7) is 3.20. The summed E-state index contributed by atoms with van der Waals surface area (Å²) in [4.78, 5) is 17.7. The third kappa shape index (κ3) is 2.10. The Labute approximate surface area is 76.0 Å². The maximum atomic E-state index is 10.9. The molecule has 0 heterocycles. The molecule has 1 aromatic carbocycles. The Balaban J connectivity index is 3.38. The van der Waals surface area contributed by atoms with E-state index in [1.165, 1.54) is 12.1 Å². The number of rotatable bonds is 1. The first kappa shape index (κ1) is 10.3. The molecule has 0 saturated heterocycles. The van der Waals surface area contributed by atoms with E-state index in [1.54, 1.807) is 13.8 Å². The molecule has 72 valence electrons. The molecule has 0 spiro atoms. The van der Waals surface area contributed by atoms with Gasteiger partial charge in [0.1, 0.15) is 5.75 Å². The molecule has 0 amide bonds. The van der Waals surface area contributed by atoms with Gasteiger partial charge in [-0.25, -0.2) is 0 Å². The zero-order chi connectivity index (χ0) is 10.2. The number of aromatic hydroxyl groups is 1. The molecule has 1 aromatic rings. The number of benzene rings is 1. The highest BCUT2D eigenvalue weighted by atomic mass is 31.2. The molecule has 0 atom stereocenters. The SMILES string of the molecule is Cc1cc(P(=O)(O)O)cc(C)c1O. The van der Waals surface area contributed by atoms with Crippen LogP contribution in [-0.4, -0.2) is 14.9 Å². The van der Waals surface area contributed by atoms with Gasteiger partial charge in [-0.05, 0) is 37.1 Å². The van der Waals surface area contributed by atoms with Crippen LogP contribution in [0.5, 0.6) is 5.75 Å². The van der Waals surface area contributed by atoms with Crippen molar-refractivity contribution in [1.29, 1.82) is 0 Å². The van der Waals surface area contributed by atoms with Crippen molar-refractivity contribution in [3.8, 4) is 5.75 Å². The smallest absolute Gasteiger partial charge is 0.356 e. The summed E-state index contributed by atoms with van der Waals surface area (Å²) in [5.41, 5.74) is 0.941. The first-order chi connectivity index (χ1) is 5.82. The van der Waals surface area contributed by atoms with Gasteiger partial charge in [0, 0.05) is 0 Å². The third-order valence-corrected chi connectivity index (χ3v) is 2.74. The topological polar surface area (TPSA) is 77.8 Å². The molecule has 0 aliphatic heterocycles. The van der Waals surface area contributed by atoms with E-state index in [-0.39, 0.29) is 11.1 Å². The number of phenols is 1. The van der Waals surface area contributed by atoms with E-state index in [4.69, 9.17) is 9.79 Å². The normalized spacial score (nSPS) is 11.7. The van der Waals surface area contributed by atoms with Gasteiger partial charge in [-0.15, -0.1) is 0 Å². The molecule has 0 fully saturated rings. The molecule has 4 nitrogen and oxygen atoms in total. The van der Waals surface area contributed by atoms with Crippen molar-refractivity contribution in [2.75, 3.05) is 0 Å². The monoisotopic (exact) mass is 202 g/mol. The fraction of sp³-hybridized carbons (Fsp3) is 0.250. The van der Waals surface area contributed by atoms with Crippen LogP contribution in [0.15, 0.2) is 12.1 Å². The molecule has 13 heavy (non-hydrogen) atoms. The van der Waals surface area contributed by atoms with Crippen molar-refractivity contribution >= 4 is 12.9 Å². The van der Waals surface area contributed by atoms with Crippen molar-refractivity contribution in [2.24, 2.45) is 0 Å². The number of phenolic OH excluding ortho intramolecular Hbond substituents is 1. The van der Waals surface area contributed by atoms with Crippen LogP contribution in [0, 0.1) is 13.8 Å². The van der Waals surface area contributed by atoms with Gasteiger partial charge in [-0.3, -0.25) is 4.57 Å². The molecular weight excluding hydrogens is 191 g/mol. The minimum Gasteiger partial charge on any atom is -0.507 e. The first-order valence-electron chi connectivity index (χ1n) is 3.68. The lowest BCUT2D eigenvalue weighted by molar-refractivity contribution is 0.387. The summed E-state index contributed by atoms with van der Waals surface area (Å²) < 4.78 is 10.9. The van der Waals surface area contributed by atoms with Gasteiger partial charge in [0.15, 0.2) is 0 Å². The zero-order valence-electron chi connectivity index (χ0n) is 7.35. The third-order valence-electron chi connectivity index (χ3n) is 1.81. The Morgan fingerprint density at radius 2 is 1.54 bits per heavy atom. The maximum Gasteiger partial charge on any atom is 0.356 e. The summed E-state index contributed by atoms with van der Waals surface area (Å²) in [6.07, 6.45) is 0. The lowest BCUT2D eigenvalue weighted by Crippen LogP contribution is -2.05. The average molecular weight is 202 g/mol. The van der Waals surface area contributed by atoms with Crippen molar-refractivity contribution in [3.63, 3.8) is 0 Å². The van der Waals surface area contributed by atoms with Gasteiger partial charge in [0.2, 0.25) is 0 Å². The van der Waals surface area contributed by atoms with E-state index < -0.39 is 7.60 Å². The van der Waals surface area contributed by atoms with Gasteiger partial charge in [0.25, 0.3) is 0 Å². The fourth-order valence-electron chi connectivity index (χ4n) is 1.10. The lowest BCUT2D eigenvalue weighted by Gasteiger charge is -2.08. The van der Waals surface area contributed by atoms with E-state index in [2.05, 4.69) is 0 Å². The van der Waals surface area contributed by atoms with E-state index in [0.717, 1.165) is 0 Å². The van der Waals surface area contributed by atoms with Gasteiger partial charge in [-0.2, -0.15) is 0 Å². The Morgan fingerprint density at radius 1 is 1.15 bits per heavy atom. The van der Waals surface area contributed by atoms with E-state index in [1.807, 2.05) is 0 Å². The second-order valence-corrected chi connectivity index (χ2v) is 4.58. The molecular formula is C8H11O4P.